The molecule has 0 spiro atoms. The molecule has 43 heavy (non-hydrogen) atoms. The maximum absolute atomic E-state index is 13.5. The summed E-state index contributed by atoms with van der Waals surface area (Å²) < 4.78 is 12.1. The molecule has 4 aromatic rings. The molecule has 5 rings (SSSR count). The maximum Gasteiger partial charge on any atom is 0.257 e. The number of amides is 1. The Bertz CT molecular complexity index is 1580. The fourth-order valence-corrected chi connectivity index (χ4v) is 5.34. The van der Waals surface area contributed by atoms with Crippen molar-refractivity contribution in [2.45, 2.75) is 46.1 Å². The molecule has 1 N–H and O–H groups in total. The minimum atomic E-state index is 0.000242. The highest BCUT2D eigenvalue weighted by Crippen LogP contribution is 2.32. The Morgan fingerprint density at radius 2 is 1.81 bits per heavy atom. The number of para-hydroxylation sites is 1. The third-order valence-corrected chi connectivity index (χ3v) is 7.77. The second-order valence-electron chi connectivity index (χ2n) is 10.8. The third kappa shape index (κ3) is 7.22. The average Bonchev–Trinajstić information content (AvgIpc) is 3.47. The fraction of sp³-hybridized carbons (Fsp3) is 0.353. The summed E-state index contributed by atoms with van der Waals surface area (Å²) >= 11 is 0. The van der Waals surface area contributed by atoms with Crippen molar-refractivity contribution in [3.8, 4) is 23.3 Å². The zero-order valence-corrected chi connectivity index (χ0v) is 25.0. The number of carbonyl (C=O) groups is 1. The number of nitrogens with zero attached hydrogens (tertiary/aromatic N) is 5. The van der Waals surface area contributed by atoms with E-state index in [0.29, 0.717) is 67.6 Å². The van der Waals surface area contributed by atoms with E-state index in [9.17, 15) is 10.1 Å². The van der Waals surface area contributed by atoms with Crippen LogP contribution in [-0.2, 0) is 6.42 Å². The quantitative estimate of drug-likeness (QED) is 0.217. The first-order valence-corrected chi connectivity index (χ1v) is 14.9. The fourth-order valence-electron chi connectivity index (χ4n) is 5.34. The van der Waals surface area contributed by atoms with Gasteiger partial charge in [-0.2, -0.15) is 5.26 Å². The van der Waals surface area contributed by atoms with Gasteiger partial charge >= 0.3 is 0 Å². The number of aromatic nitrogens is 3. The number of nitrogens with one attached hydrogen (secondary N) is 1. The molecule has 3 heterocycles. The van der Waals surface area contributed by atoms with Crippen LogP contribution in [-0.4, -0.2) is 63.4 Å². The molecule has 0 radical (unpaired) electrons. The van der Waals surface area contributed by atoms with Crippen LogP contribution in [0.3, 0.4) is 0 Å². The van der Waals surface area contributed by atoms with Crippen LogP contribution in [0.25, 0.3) is 0 Å². The number of benzene rings is 2. The standard InChI is InChI=1S/C34H38N6O3/c1-4-5-19-42-32-10-7-6-9-28(32)34(41)40-17-15-39(16-18-40)30(29-23-37-25(3)38-29)20-26-12-13-27(22-35)33(21-26)43-31-11-8-14-36-24(31)2/h6-14,21,23,30H,4-5,15-20H2,1-3H3,(H,37,38). The van der Waals surface area contributed by atoms with E-state index in [-0.39, 0.29) is 11.9 Å². The number of pyridine rings is 1. The monoisotopic (exact) mass is 578 g/mol. The Morgan fingerprint density at radius 3 is 2.53 bits per heavy atom. The van der Waals surface area contributed by atoms with Crippen molar-refractivity contribution >= 4 is 5.91 Å². The number of imidazole rings is 1. The second-order valence-corrected chi connectivity index (χ2v) is 10.8. The van der Waals surface area contributed by atoms with Gasteiger partial charge in [0.2, 0.25) is 0 Å². The highest BCUT2D eigenvalue weighted by molar-refractivity contribution is 5.97. The van der Waals surface area contributed by atoms with Crippen molar-refractivity contribution in [3.05, 3.63) is 101 Å². The number of H-pyrrole nitrogens is 1. The van der Waals surface area contributed by atoms with E-state index >= 15 is 0 Å². The number of carbonyl (C=O) groups excluding carboxylic acids is 1. The van der Waals surface area contributed by atoms with E-state index in [1.807, 2.05) is 79.5 Å². The number of piperazine rings is 1. The summed E-state index contributed by atoms with van der Waals surface area (Å²) in [6, 6.07) is 19.2. The van der Waals surface area contributed by atoms with Gasteiger partial charge in [-0.3, -0.25) is 14.7 Å². The first kappa shape index (κ1) is 29.8. The second kappa shape index (κ2) is 14.0. The zero-order chi connectivity index (χ0) is 30.2. The van der Waals surface area contributed by atoms with E-state index < -0.39 is 0 Å². The molecule has 0 bridgehead atoms. The van der Waals surface area contributed by atoms with Gasteiger partial charge < -0.3 is 19.4 Å². The third-order valence-electron chi connectivity index (χ3n) is 7.77. The van der Waals surface area contributed by atoms with Crippen molar-refractivity contribution < 1.29 is 14.3 Å². The van der Waals surface area contributed by atoms with Crippen LogP contribution in [0, 0.1) is 25.2 Å². The molecule has 1 aliphatic rings. The summed E-state index contributed by atoms with van der Waals surface area (Å²) in [5, 5.41) is 9.74. The Hall–Kier alpha value is -4.68. The molecule has 2 aromatic heterocycles. The molecular formula is C34H38N6O3. The van der Waals surface area contributed by atoms with Crippen molar-refractivity contribution in [2.75, 3.05) is 32.8 Å². The molecule has 2 aromatic carbocycles. The smallest absolute Gasteiger partial charge is 0.257 e. The van der Waals surface area contributed by atoms with Crippen molar-refractivity contribution in [1.82, 2.24) is 24.8 Å². The number of aryl methyl sites for hydroxylation is 2. The van der Waals surface area contributed by atoms with Gasteiger partial charge in [-0.15, -0.1) is 0 Å². The molecular weight excluding hydrogens is 540 g/mol. The Kier molecular flexibility index (Phi) is 9.70. The SMILES string of the molecule is CCCCOc1ccccc1C(=O)N1CCN(C(Cc2ccc(C#N)c(Oc3cccnc3C)c2)c2cnc(C)[nH]2)CC1. The van der Waals surface area contributed by atoms with Crippen LogP contribution in [0.2, 0.25) is 0 Å². The van der Waals surface area contributed by atoms with Crippen LogP contribution in [0.1, 0.15) is 64.5 Å². The molecule has 1 saturated heterocycles. The van der Waals surface area contributed by atoms with Crippen LogP contribution >= 0.6 is 0 Å². The molecule has 9 heteroatoms. The average molecular weight is 579 g/mol. The van der Waals surface area contributed by atoms with Crippen molar-refractivity contribution in [2.24, 2.45) is 0 Å². The van der Waals surface area contributed by atoms with Crippen LogP contribution in [0.4, 0.5) is 0 Å². The van der Waals surface area contributed by atoms with E-state index in [2.05, 4.69) is 32.8 Å². The van der Waals surface area contributed by atoms with Gasteiger partial charge in [-0.05, 0) is 68.7 Å². The van der Waals surface area contributed by atoms with E-state index in [0.717, 1.165) is 35.6 Å². The molecule has 1 fully saturated rings. The van der Waals surface area contributed by atoms with Gasteiger partial charge in [-0.25, -0.2) is 4.98 Å². The lowest BCUT2D eigenvalue weighted by molar-refractivity contribution is 0.0559. The normalized spacial score (nSPS) is 14.2. The lowest BCUT2D eigenvalue weighted by Crippen LogP contribution is -2.50. The number of unbranched alkanes of at least 4 members (excludes halogenated alkanes) is 1. The van der Waals surface area contributed by atoms with Crippen molar-refractivity contribution in [3.63, 3.8) is 0 Å². The minimum Gasteiger partial charge on any atom is -0.493 e. The van der Waals surface area contributed by atoms with Gasteiger partial charge in [0.15, 0.2) is 0 Å². The summed E-state index contributed by atoms with van der Waals surface area (Å²) in [4.78, 5) is 30.0. The minimum absolute atomic E-state index is 0.000242. The number of nitriles is 1. The number of hydrogen-bond acceptors (Lipinski definition) is 7. The molecule has 1 atom stereocenters. The zero-order valence-electron chi connectivity index (χ0n) is 25.0. The molecule has 1 unspecified atom stereocenters. The summed E-state index contributed by atoms with van der Waals surface area (Å²) in [6.07, 6.45) is 6.27. The van der Waals surface area contributed by atoms with Gasteiger partial charge in [0.05, 0.1) is 35.2 Å². The number of hydrogen-bond donors (Lipinski definition) is 1. The van der Waals surface area contributed by atoms with Crippen LogP contribution < -0.4 is 9.47 Å². The first-order chi connectivity index (χ1) is 21.0. The molecule has 0 saturated carbocycles. The lowest BCUT2D eigenvalue weighted by atomic mass is 9.99. The largest absolute Gasteiger partial charge is 0.493 e. The predicted molar refractivity (Wildman–Crippen MR) is 164 cm³/mol. The first-order valence-electron chi connectivity index (χ1n) is 14.9. The highest BCUT2D eigenvalue weighted by atomic mass is 16.5. The molecule has 1 amide bonds. The summed E-state index contributed by atoms with van der Waals surface area (Å²) in [5.74, 6) is 2.63. The summed E-state index contributed by atoms with van der Waals surface area (Å²) in [5.41, 5.74) is 3.88. The van der Waals surface area contributed by atoms with Gasteiger partial charge in [0.25, 0.3) is 5.91 Å². The Labute approximate surface area is 253 Å². The lowest BCUT2D eigenvalue weighted by Gasteiger charge is -2.39. The van der Waals surface area contributed by atoms with Gasteiger partial charge in [0, 0.05) is 38.6 Å². The van der Waals surface area contributed by atoms with Gasteiger partial charge in [0.1, 0.15) is 29.1 Å². The highest BCUT2D eigenvalue weighted by Gasteiger charge is 2.30. The van der Waals surface area contributed by atoms with Crippen molar-refractivity contribution in [1.29, 1.82) is 5.26 Å². The summed E-state index contributed by atoms with van der Waals surface area (Å²) in [7, 11) is 0. The summed E-state index contributed by atoms with van der Waals surface area (Å²) in [6.45, 7) is 9.18. The van der Waals surface area contributed by atoms with Crippen LogP contribution in [0.15, 0.2) is 67.0 Å². The number of rotatable bonds is 11. The van der Waals surface area contributed by atoms with E-state index in [1.165, 1.54) is 0 Å². The molecule has 9 nitrogen and oxygen atoms in total. The number of aromatic amines is 1. The Balaban J connectivity index is 1.32. The Morgan fingerprint density at radius 1 is 1.02 bits per heavy atom. The van der Waals surface area contributed by atoms with Gasteiger partial charge in [-0.1, -0.05) is 31.5 Å². The molecule has 1 aliphatic heterocycles. The topological polar surface area (TPSA) is 107 Å². The maximum atomic E-state index is 13.5. The van der Waals surface area contributed by atoms with Crippen LogP contribution in [0.5, 0.6) is 17.2 Å². The van der Waals surface area contributed by atoms with E-state index in [4.69, 9.17) is 9.47 Å². The predicted octanol–water partition coefficient (Wildman–Crippen LogP) is 6.01. The molecule has 0 aliphatic carbocycles. The van der Waals surface area contributed by atoms with E-state index in [1.54, 1.807) is 6.20 Å². The number of ether oxygens (including phenoxy) is 2. The molecule has 222 valence electrons.